The van der Waals surface area contributed by atoms with E-state index < -0.39 is 5.97 Å². The van der Waals surface area contributed by atoms with Crippen LogP contribution in [0.15, 0.2) is 30.3 Å². The Morgan fingerprint density at radius 2 is 1.80 bits per heavy atom. The maximum atomic E-state index is 11.0. The van der Waals surface area contributed by atoms with E-state index in [2.05, 4.69) is 4.98 Å². The highest BCUT2D eigenvalue weighted by Crippen LogP contribution is 2.25. The van der Waals surface area contributed by atoms with Crippen LogP contribution in [0.25, 0.3) is 11.3 Å². The van der Waals surface area contributed by atoms with Crippen LogP contribution in [-0.4, -0.2) is 21.7 Å². The monoisotopic (exact) mass is 273 g/mol. The number of aromatic carboxylic acids is 1. The number of hydrogen-bond acceptors (Lipinski definition) is 2. The molecule has 1 aromatic heterocycles. The maximum absolute atomic E-state index is 11.0. The number of carboxylic acid groups (broad SMARTS) is 1. The Hall–Kier alpha value is -2.23. The number of aromatic amines is 1. The number of benzene rings is 1. The lowest BCUT2D eigenvalue weighted by atomic mass is 10.1. The van der Waals surface area contributed by atoms with Gasteiger partial charge in [0.05, 0.1) is 5.56 Å². The van der Waals surface area contributed by atoms with Crippen molar-refractivity contribution < 1.29 is 14.6 Å². The molecule has 1 heterocycles. The molecule has 4 nitrogen and oxygen atoms in total. The van der Waals surface area contributed by atoms with Gasteiger partial charge in [0.25, 0.3) is 0 Å². The van der Waals surface area contributed by atoms with Crippen LogP contribution in [0.3, 0.4) is 0 Å². The highest BCUT2D eigenvalue weighted by atomic mass is 16.5. The zero-order valence-corrected chi connectivity index (χ0v) is 12.2. The SMILES string of the molecule is Cc1[nH]c(-c2ccc(OC(C)(C)C)cc2)cc1C(=O)O. The van der Waals surface area contributed by atoms with Crippen molar-refractivity contribution in [2.45, 2.75) is 33.3 Å². The third-order valence-electron chi connectivity index (χ3n) is 2.83. The first kappa shape index (κ1) is 14.2. The fourth-order valence-corrected chi connectivity index (χ4v) is 1.99. The minimum Gasteiger partial charge on any atom is -0.488 e. The predicted octanol–water partition coefficient (Wildman–Crippen LogP) is 3.87. The quantitative estimate of drug-likeness (QED) is 0.892. The number of aryl methyl sites for hydroxylation is 1. The first-order valence-corrected chi connectivity index (χ1v) is 6.48. The van der Waals surface area contributed by atoms with E-state index in [4.69, 9.17) is 9.84 Å². The van der Waals surface area contributed by atoms with Gasteiger partial charge in [0.2, 0.25) is 0 Å². The highest BCUT2D eigenvalue weighted by Gasteiger charge is 2.14. The first-order valence-electron chi connectivity index (χ1n) is 6.48. The van der Waals surface area contributed by atoms with Gasteiger partial charge in [-0.3, -0.25) is 0 Å². The highest BCUT2D eigenvalue weighted by molar-refractivity contribution is 5.90. The molecule has 0 radical (unpaired) electrons. The van der Waals surface area contributed by atoms with Crippen LogP contribution >= 0.6 is 0 Å². The number of rotatable bonds is 3. The molecule has 0 unspecified atom stereocenters. The largest absolute Gasteiger partial charge is 0.488 e. The van der Waals surface area contributed by atoms with Crippen LogP contribution in [0.2, 0.25) is 0 Å². The van der Waals surface area contributed by atoms with Crippen molar-refractivity contribution in [3.63, 3.8) is 0 Å². The number of ether oxygens (including phenoxy) is 1. The van der Waals surface area contributed by atoms with Crippen molar-refractivity contribution in [1.29, 1.82) is 0 Å². The fourth-order valence-electron chi connectivity index (χ4n) is 1.99. The van der Waals surface area contributed by atoms with Crippen molar-refractivity contribution in [3.05, 3.63) is 41.6 Å². The zero-order chi connectivity index (χ0) is 14.9. The van der Waals surface area contributed by atoms with E-state index in [9.17, 15) is 4.79 Å². The Labute approximate surface area is 118 Å². The molecule has 0 spiro atoms. The minimum absolute atomic E-state index is 0.235. The topological polar surface area (TPSA) is 62.3 Å². The summed E-state index contributed by atoms with van der Waals surface area (Å²) >= 11 is 0. The molecule has 0 aliphatic rings. The van der Waals surface area contributed by atoms with Gasteiger partial charge >= 0.3 is 5.97 Å². The van der Waals surface area contributed by atoms with Gasteiger partial charge in [-0.05, 0) is 63.6 Å². The lowest BCUT2D eigenvalue weighted by Gasteiger charge is -2.21. The van der Waals surface area contributed by atoms with E-state index in [1.165, 1.54) is 0 Å². The summed E-state index contributed by atoms with van der Waals surface area (Å²) in [6, 6.07) is 9.25. The van der Waals surface area contributed by atoms with Gasteiger partial charge in [0.1, 0.15) is 11.4 Å². The molecule has 20 heavy (non-hydrogen) atoms. The molecule has 0 aliphatic heterocycles. The number of hydrogen-bond donors (Lipinski definition) is 2. The molecular weight excluding hydrogens is 254 g/mol. The zero-order valence-electron chi connectivity index (χ0n) is 12.2. The molecule has 1 aromatic carbocycles. The third-order valence-corrected chi connectivity index (χ3v) is 2.83. The number of carboxylic acids is 1. The van der Waals surface area contributed by atoms with Crippen LogP contribution in [-0.2, 0) is 0 Å². The van der Waals surface area contributed by atoms with Crippen molar-refractivity contribution in [2.75, 3.05) is 0 Å². The average molecular weight is 273 g/mol. The summed E-state index contributed by atoms with van der Waals surface area (Å²) in [5, 5.41) is 9.06. The van der Waals surface area contributed by atoms with Gasteiger partial charge in [-0.1, -0.05) is 0 Å². The molecule has 4 heteroatoms. The molecule has 0 fully saturated rings. The molecule has 2 N–H and O–H groups in total. The van der Waals surface area contributed by atoms with Gasteiger partial charge < -0.3 is 14.8 Å². The molecule has 0 saturated heterocycles. The standard InChI is InChI=1S/C16H19NO3/c1-10-13(15(18)19)9-14(17-10)11-5-7-12(8-6-11)20-16(2,3)4/h5-9,17H,1-4H3,(H,18,19). The van der Waals surface area contributed by atoms with Crippen molar-refractivity contribution >= 4 is 5.97 Å². The molecule has 0 amide bonds. The molecular formula is C16H19NO3. The Morgan fingerprint density at radius 1 is 1.20 bits per heavy atom. The molecule has 106 valence electrons. The lowest BCUT2D eigenvalue weighted by Crippen LogP contribution is -2.22. The summed E-state index contributed by atoms with van der Waals surface area (Å²) in [7, 11) is 0. The molecule has 0 bridgehead atoms. The minimum atomic E-state index is -0.919. The summed E-state index contributed by atoms with van der Waals surface area (Å²) in [5.74, 6) is -0.124. The van der Waals surface area contributed by atoms with Crippen LogP contribution in [0.5, 0.6) is 5.75 Å². The second-order valence-corrected chi connectivity index (χ2v) is 5.77. The van der Waals surface area contributed by atoms with Crippen molar-refractivity contribution in [3.8, 4) is 17.0 Å². The van der Waals surface area contributed by atoms with E-state index in [1.807, 2.05) is 45.0 Å². The first-order chi connectivity index (χ1) is 9.26. The number of nitrogens with one attached hydrogen (secondary N) is 1. The second kappa shape index (κ2) is 5.04. The molecule has 0 aliphatic carbocycles. The summed E-state index contributed by atoms with van der Waals surface area (Å²) < 4.78 is 5.76. The van der Waals surface area contributed by atoms with Crippen LogP contribution in [0.1, 0.15) is 36.8 Å². The number of aromatic nitrogens is 1. The Morgan fingerprint density at radius 3 is 2.25 bits per heavy atom. The summed E-state index contributed by atoms with van der Waals surface area (Å²) in [4.78, 5) is 14.1. The Balaban J connectivity index is 2.26. The van der Waals surface area contributed by atoms with Crippen LogP contribution in [0, 0.1) is 6.92 Å². The molecule has 0 atom stereocenters. The predicted molar refractivity (Wildman–Crippen MR) is 78.3 cm³/mol. The molecule has 2 aromatic rings. The third kappa shape index (κ3) is 3.20. The second-order valence-electron chi connectivity index (χ2n) is 5.77. The Kier molecular flexibility index (Phi) is 3.57. The fraction of sp³-hybridized carbons (Fsp3) is 0.312. The van der Waals surface area contributed by atoms with E-state index in [1.54, 1.807) is 13.0 Å². The van der Waals surface area contributed by atoms with E-state index in [-0.39, 0.29) is 5.60 Å². The molecule has 0 saturated carbocycles. The maximum Gasteiger partial charge on any atom is 0.337 e. The van der Waals surface area contributed by atoms with Gasteiger partial charge in [-0.2, -0.15) is 0 Å². The normalized spacial score (nSPS) is 11.4. The van der Waals surface area contributed by atoms with Gasteiger partial charge in [-0.25, -0.2) is 4.79 Å². The molecule has 2 rings (SSSR count). The van der Waals surface area contributed by atoms with E-state index >= 15 is 0 Å². The van der Waals surface area contributed by atoms with Crippen LogP contribution < -0.4 is 4.74 Å². The number of carbonyl (C=O) groups is 1. The van der Waals surface area contributed by atoms with Gasteiger partial charge in [0, 0.05) is 11.4 Å². The van der Waals surface area contributed by atoms with Crippen LogP contribution in [0.4, 0.5) is 0 Å². The smallest absolute Gasteiger partial charge is 0.337 e. The van der Waals surface area contributed by atoms with E-state index in [0.717, 1.165) is 17.0 Å². The van der Waals surface area contributed by atoms with E-state index in [0.29, 0.717) is 11.3 Å². The summed E-state index contributed by atoms with van der Waals surface area (Å²) in [6.45, 7) is 7.74. The summed E-state index contributed by atoms with van der Waals surface area (Å²) in [5.41, 5.74) is 2.45. The average Bonchev–Trinajstić information content (AvgIpc) is 2.70. The Bertz CT molecular complexity index is 618. The lowest BCUT2D eigenvalue weighted by molar-refractivity contribution is 0.0696. The van der Waals surface area contributed by atoms with Crippen molar-refractivity contribution in [2.24, 2.45) is 0 Å². The number of H-pyrrole nitrogens is 1. The summed E-state index contributed by atoms with van der Waals surface area (Å²) in [6.07, 6.45) is 0. The van der Waals surface area contributed by atoms with Crippen molar-refractivity contribution in [1.82, 2.24) is 4.98 Å². The van der Waals surface area contributed by atoms with Gasteiger partial charge in [0.15, 0.2) is 0 Å². The van der Waals surface area contributed by atoms with Gasteiger partial charge in [-0.15, -0.1) is 0 Å².